The van der Waals surface area contributed by atoms with Gasteiger partial charge >= 0.3 is 0 Å². The van der Waals surface area contributed by atoms with Gasteiger partial charge < -0.3 is 16.0 Å². The number of primary amides is 1. The maximum Gasteiger partial charge on any atom is 0.236 e. The van der Waals surface area contributed by atoms with Crippen molar-refractivity contribution in [3.63, 3.8) is 0 Å². The maximum atomic E-state index is 11.1. The van der Waals surface area contributed by atoms with E-state index in [0.717, 1.165) is 23.2 Å². The van der Waals surface area contributed by atoms with Crippen LogP contribution in [0.2, 0.25) is 0 Å². The number of nitrogens with zero attached hydrogens (tertiary/aromatic N) is 1. The molecule has 0 aliphatic heterocycles. The lowest BCUT2D eigenvalue weighted by Crippen LogP contribution is -2.33. The molecule has 0 aliphatic carbocycles. The first-order valence-electron chi connectivity index (χ1n) is 6.49. The van der Waals surface area contributed by atoms with Crippen LogP contribution in [0.25, 0.3) is 0 Å². The van der Waals surface area contributed by atoms with Gasteiger partial charge in [-0.05, 0) is 40.5 Å². The van der Waals surface area contributed by atoms with Crippen LogP contribution in [0.4, 0.5) is 5.69 Å². The van der Waals surface area contributed by atoms with Gasteiger partial charge in [-0.25, -0.2) is 0 Å². The number of carbonyl (C=O) groups is 1. The van der Waals surface area contributed by atoms with Gasteiger partial charge in [0.05, 0.1) is 12.2 Å². The summed E-state index contributed by atoms with van der Waals surface area (Å²) in [4.78, 5) is 13.0. The molecule has 1 aromatic carbocycles. The van der Waals surface area contributed by atoms with Crippen LogP contribution in [-0.4, -0.2) is 25.0 Å². The molecule has 0 aromatic heterocycles. The van der Waals surface area contributed by atoms with Crippen molar-refractivity contribution >= 4 is 27.5 Å². The molecular weight excluding hydrogens is 306 g/mol. The van der Waals surface area contributed by atoms with Crippen molar-refractivity contribution in [1.29, 1.82) is 0 Å². The minimum absolute atomic E-state index is 0.235. The topological polar surface area (TPSA) is 58.4 Å². The number of nitrogens with two attached hydrogens (primary N) is 1. The Morgan fingerprint density at radius 2 is 2.16 bits per heavy atom. The normalized spacial score (nSPS) is 10.8. The summed E-state index contributed by atoms with van der Waals surface area (Å²) in [5.41, 5.74) is 7.46. The van der Waals surface area contributed by atoms with Crippen LogP contribution in [0.3, 0.4) is 0 Å². The van der Waals surface area contributed by atoms with Crippen LogP contribution in [0, 0.1) is 0 Å². The van der Waals surface area contributed by atoms with Gasteiger partial charge in [-0.3, -0.25) is 4.79 Å². The summed E-state index contributed by atoms with van der Waals surface area (Å²) >= 11 is 3.56. The average Bonchev–Trinajstić information content (AvgIpc) is 2.33. The number of likely N-dealkylation sites (N-methyl/N-ethyl adjacent to an activating group) is 1. The lowest BCUT2D eigenvalue weighted by molar-refractivity contribution is -0.116. The van der Waals surface area contributed by atoms with Gasteiger partial charge in [-0.2, -0.15) is 0 Å². The molecule has 1 rings (SSSR count). The molecule has 3 N–H and O–H groups in total. The van der Waals surface area contributed by atoms with Crippen molar-refractivity contribution in [2.45, 2.75) is 33.4 Å². The summed E-state index contributed by atoms with van der Waals surface area (Å²) < 4.78 is 0.985. The second-order valence-corrected chi connectivity index (χ2v) is 5.66. The number of carbonyl (C=O) groups excluding carboxylic acids is 1. The van der Waals surface area contributed by atoms with Crippen LogP contribution in [0.1, 0.15) is 26.3 Å². The molecule has 1 aromatic rings. The third kappa shape index (κ3) is 5.20. The first kappa shape index (κ1) is 16.0. The van der Waals surface area contributed by atoms with Crippen LogP contribution in [0.5, 0.6) is 0 Å². The van der Waals surface area contributed by atoms with Crippen molar-refractivity contribution < 1.29 is 4.79 Å². The van der Waals surface area contributed by atoms with Gasteiger partial charge in [-0.1, -0.05) is 19.9 Å². The summed E-state index contributed by atoms with van der Waals surface area (Å²) in [5, 5.41) is 3.38. The molecule has 0 saturated heterocycles. The number of hydrogen-bond donors (Lipinski definition) is 2. The number of anilines is 1. The maximum absolute atomic E-state index is 11.1. The smallest absolute Gasteiger partial charge is 0.236 e. The predicted molar refractivity (Wildman–Crippen MR) is 83.2 cm³/mol. The van der Waals surface area contributed by atoms with Crippen LogP contribution < -0.4 is 16.0 Å². The van der Waals surface area contributed by atoms with Crippen molar-refractivity contribution in [2.24, 2.45) is 5.73 Å². The second-order valence-electron chi connectivity index (χ2n) is 4.80. The molecule has 106 valence electrons. The SMILES string of the molecule is CCN(CC(N)=O)c1ccc(CNC(C)C)cc1Br. The third-order valence-electron chi connectivity index (χ3n) is 2.80. The van der Waals surface area contributed by atoms with E-state index in [-0.39, 0.29) is 12.5 Å². The summed E-state index contributed by atoms with van der Waals surface area (Å²) in [6.07, 6.45) is 0. The highest BCUT2D eigenvalue weighted by molar-refractivity contribution is 9.10. The average molecular weight is 328 g/mol. The van der Waals surface area contributed by atoms with E-state index < -0.39 is 0 Å². The van der Waals surface area contributed by atoms with E-state index in [2.05, 4.69) is 47.2 Å². The van der Waals surface area contributed by atoms with E-state index in [4.69, 9.17) is 5.73 Å². The fourth-order valence-electron chi connectivity index (χ4n) is 1.79. The summed E-state index contributed by atoms with van der Waals surface area (Å²) in [7, 11) is 0. The zero-order valence-electron chi connectivity index (χ0n) is 11.7. The Morgan fingerprint density at radius 1 is 1.47 bits per heavy atom. The monoisotopic (exact) mass is 327 g/mol. The fourth-order valence-corrected chi connectivity index (χ4v) is 2.47. The molecule has 0 radical (unpaired) electrons. The number of amides is 1. The predicted octanol–water partition coefficient (Wildman–Crippen LogP) is 2.26. The zero-order valence-corrected chi connectivity index (χ0v) is 13.3. The molecule has 0 aliphatic rings. The molecule has 0 spiro atoms. The van der Waals surface area contributed by atoms with Crippen molar-refractivity contribution in [3.05, 3.63) is 28.2 Å². The van der Waals surface area contributed by atoms with Crippen molar-refractivity contribution in [2.75, 3.05) is 18.0 Å². The molecule has 0 heterocycles. The highest BCUT2D eigenvalue weighted by Gasteiger charge is 2.11. The first-order chi connectivity index (χ1) is 8.93. The summed E-state index contributed by atoms with van der Waals surface area (Å²) in [5.74, 6) is -0.320. The van der Waals surface area contributed by atoms with Crippen LogP contribution >= 0.6 is 15.9 Å². The minimum atomic E-state index is -0.320. The van der Waals surface area contributed by atoms with Gasteiger partial charge in [0.1, 0.15) is 0 Å². The number of hydrogen-bond acceptors (Lipinski definition) is 3. The molecule has 4 nitrogen and oxygen atoms in total. The van der Waals surface area contributed by atoms with E-state index in [0.29, 0.717) is 6.04 Å². The Bertz CT molecular complexity index is 435. The van der Waals surface area contributed by atoms with Gasteiger partial charge in [0.15, 0.2) is 0 Å². The van der Waals surface area contributed by atoms with Gasteiger partial charge in [-0.15, -0.1) is 0 Å². The standard InChI is InChI=1S/C14H22BrN3O/c1-4-18(9-14(16)19)13-6-5-11(7-12(13)15)8-17-10(2)3/h5-7,10,17H,4,8-9H2,1-3H3,(H2,16,19). The second kappa shape index (κ2) is 7.50. The molecular formula is C14H22BrN3O. The number of rotatable bonds is 7. The van der Waals surface area contributed by atoms with E-state index in [1.807, 2.05) is 17.9 Å². The molecule has 5 heteroatoms. The lowest BCUT2D eigenvalue weighted by Gasteiger charge is -2.23. The van der Waals surface area contributed by atoms with Crippen molar-refractivity contribution in [3.8, 4) is 0 Å². The highest BCUT2D eigenvalue weighted by Crippen LogP contribution is 2.27. The van der Waals surface area contributed by atoms with E-state index in [1.165, 1.54) is 5.56 Å². The summed E-state index contributed by atoms with van der Waals surface area (Å²) in [6.45, 7) is 8.05. The fraction of sp³-hybridized carbons (Fsp3) is 0.500. The first-order valence-corrected chi connectivity index (χ1v) is 7.28. The molecule has 0 bridgehead atoms. The minimum Gasteiger partial charge on any atom is -0.368 e. The quantitative estimate of drug-likeness (QED) is 0.807. The van der Waals surface area contributed by atoms with E-state index in [9.17, 15) is 4.79 Å². The van der Waals surface area contributed by atoms with Gasteiger partial charge in [0.2, 0.25) is 5.91 Å². The summed E-state index contributed by atoms with van der Waals surface area (Å²) in [6, 6.07) is 6.63. The molecule has 0 atom stereocenters. The molecule has 19 heavy (non-hydrogen) atoms. The Labute approximate surface area is 123 Å². The van der Waals surface area contributed by atoms with Crippen LogP contribution in [0.15, 0.2) is 22.7 Å². The number of benzene rings is 1. The highest BCUT2D eigenvalue weighted by atomic mass is 79.9. The Kier molecular flexibility index (Phi) is 6.31. The molecule has 1 amide bonds. The molecule has 0 unspecified atom stereocenters. The van der Waals surface area contributed by atoms with Gasteiger partial charge in [0.25, 0.3) is 0 Å². The largest absolute Gasteiger partial charge is 0.368 e. The number of halogens is 1. The number of nitrogens with one attached hydrogen (secondary N) is 1. The lowest BCUT2D eigenvalue weighted by atomic mass is 10.2. The Morgan fingerprint density at radius 3 is 2.63 bits per heavy atom. The van der Waals surface area contributed by atoms with E-state index >= 15 is 0 Å². The Hall–Kier alpha value is -1.07. The third-order valence-corrected chi connectivity index (χ3v) is 3.43. The molecule has 0 saturated carbocycles. The van der Waals surface area contributed by atoms with Crippen LogP contribution in [-0.2, 0) is 11.3 Å². The zero-order chi connectivity index (χ0) is 14.4. The van der Waals surface area contributed by atoms with Crippen molar-refractivity contribution in [1.82, 2.24) is 5.32 Å². The Balaban J connectivity index is 2.83. The van der Waals surface area contributed by atoms with E-state index in [1.54, 1.807) is 0 Å². The molecule has 0 fully saturated rings. The van der Waals surface area contributed by atoms with Gasteiger partial charge in [0, 0.05) is 23.6 Å².